The predicted molar refractivity (Wildman–Crippen MR) is 161 cm³/mol. The molecule has 0 fully saturated rings. The molecule has 0 aliphatic rings. The van der Waals surface area contributed by atoms with E-state index in [0.717, 1.165) is 15.4 Å². The van der Waals surface area contributed by atoms with Crippen molar-refractivity contribution in [2.24, 2.45) is 5.92 Å². The van der Waals surface area contributed by atoms with E-state index in [2.05, 4.69) is 5.32 Å². The number of nitrogens with one attached hydrogen (secondary N) is 1. The smallest absolute Gasteiger partial charge is 0.264 e. The van der Waals surface area contributed by atoms with Crippen LogP contribution < -0.4 is 9.62 Å². The molecule has 0 aromatic heterocycles. The highest BCUT2D eigenvalue weighted by molar-refractivity contribution is 7.92. The van der Waals surface area contributed by atoms with Crippen LogP contribution in [0.1, 0.15) is 38.3 Å². The molecule has 0 aliphatic heterocycles. The molecule has 3 rings (SSSR count). The summed E-state index contributed by atoms with van der Waals surface area (Å²) in [5, 5.41) is 3.85. The molecule has 0 bridgehead atoms. The fourth-order valence-electron chi connectivity index (χ4n) is 4.10. The molecular formula is C30H35Cl2N3O4S. The normalized spacial score (nSPS) is 12.2. The molecule has 7 nitrogen and oxygen atoms in total. The highest BCUT2D eigenvalue weighted by atomic mass is 35.5. The zero-order valence-electron chi connectivity index (χ0n) is 23.1. The second-order valence-electron chi connectivity index (χ2n) is 10.0. The number of amides is 2. The molecule has 0 aliphatic carbocycles. The van der Waals surface area contributed by atoms with Gasteiger partial charge in [0.05, 0.1) is 10.6 Å². The average Bonchev–Trinajstić information content (AvgIpc) is 2.92. The molecule has 2 amide bonds. The first-order chi connectivity index (χ1) is 18.9. The van der Waals surface area contributed by atoms with Crippen LogP contribution in [0.4, 0.5) is 5.69 Å². The third kappa shape index (κ3) is 8.22. The van der Waals surface area contributed by atoms with Crippen molar-refractivity contribution in [2.45, 2.75) is 51.6 Å². The summed E-state index contributed by atoms with van der Waals surface area (Å²) in [4.78, 5) is 28.7. The number of anilines is 1. The third-order valence-corrected chi connectivity index (χ3v) is 8.63. The molecule has 0 radical (unpaired) electrons. The van der Waals surface area contributed by atoms with E-state index in [1.807, 2.05) is 27.7 Å². The molecule has 3 aromatic carbocycles. The number of sulfonamides is 1. The third-order valence-electron chi connectivity index (χ3n) is 6.34. The number of nitrogens with zero attached hydrogens (tertiary/aromatic N) is 2. The van der Waals surface area contributed by atoms with Crippen molar-refractivity contribution < 1.29 is 18.0 Å². The first kappa shape index (κ1) is 31.5. The minimum Gasteiger partial charge on any atom is -0.354 e. The molecule has 1 atom stereocenters. The molecule has 0 heterocycles. The van der Waals surface area contributed by atoms with E-state index in [4.69, 9.17) is 23.2 Å². The number of carbonyl (C=O) groups excluding carboxylic acids is 2. The van der Waals surface area contributed by atoms with Crippen LogP contribution in [0.3, 0.4) is 0 Å². The maximum atomic E-state index is 14.0. The summed E-state index contributed by atoms with van der Waals surface area (Å²) in [5.74, 6) is -0.580. The Kier molecular flexibility index (Phi) is 11.0. The van der Waals surface area contributed by atoms with Crippen molar-refractivity contribution in [1.82, 2.24) is 10.2 Å². The van der Waals surface area contributed by atoms with Crippen molar-refractivity contribution >= 4 is 50.7 Å². The van der Waals surface area contributed by atoms with E-state index in [-0.39, 0.29) is 23.3 Å². The van der Waals surface area contributed by atoms with Gasteiger partial charge in [0.25, 0.3) is 10.0 Å². The lowest BCUT2D eigenvalue weighted by Crippen LogP contribution is -2.52. The molecule has 0 spiro atoms. The zero-order chi connectivity index (χ0) is 29.4. The first-order valence-electron chi connectivity index (χ1n) is 13.1. The Balaban J connectivity index is 2.03. The van der Waals surface area contributed by atoms with Gasteiger partial charge in [-0.1, -0.05) is 73.8 Å². The second kappa shape index (κ2) is 14.0. The SMILES string of the molecule is CC[C@H](C(=O)NCC(C)C)N(Cc1ccc(Cl)cc1)C(=O)CN(c1ccc(C)cc1)S(=O)(=O)c1ccc(Cl)cc1. The maximum Gasteiger partial charge on any atom is 0.264 e. The van der Waals surface area contributed by atoms with Gasteiger partial charge in [0.1, 0.15) is 12.6 Å². The number of halogens is 2. The van der Waals surface area contributed by atoms with Crippen LogP contribution in [-0.2, 0) is 26.2 Å². The number of aryl methyl sites for hydroxylation is 1. The van der Waals surface area contributed by atoms with Crippen molar-refractivity contribution in [3.63, 3.8) is 0 Å². The van der Waals surface area contributed by atoms with Gasteiger partial charge in [-0.25, -0.2) is 8.42 Å². The Morgan fingerprint density at radius 3 is 1.95 bits per heavy atom. The van der Waals surface area contributed by atoms with Crippen molar-refractivity contribution in [3.05, 3.63) is 94.0 Å². The number of hydrogen-bond donors (Lipinski definition) is 1. The Hall–Kier alpha value is -3.07. The highest BCUT2D eigenvalue weighted by Gasteiger charge is 2.33. The van der Waals surface area contributed by atoms with Gasteiger partial charge in [-0.2, -0.15) is 0 Å². The minimum absolute atomic E-state index is 0.00348. The van der Waals surface area contributed by atoms with E-state index in [1.54, 1.807) is 48.5 Å². The monoisotopic (exact) mass is 603 g/mol. The van der Waals surface area contributed by atoms with Crippen LogP contribution >= 0.6 is 23.2 Å². The Labute approximate surface area is 247 Å². The lowest BCUT2D eigenvalue weighted by Gasteiger charge is -2.33. The summed E-state index contributed by atoms with van der Waals surface area (Å²) in [6.07, 6.45) is 0.345. The van der Waals surface area contributed by atoms with Crippen LogP contribution in [0, 0.1) is 12.8 Å². The topological polar surface area (TPSA) is 86.8 Å². The predicted octanol–water partition coefficient (Wildman–Crippen LogP) is 6.08. The summed E-state index contributed by atoms with van der Waals surface area (Å²) in [6.45, 7) is 7.74. The van der Waals surface area contributed by atoms with E-state index in [0.29, 0.717) is 28.7 Å². The van der Waals surface area contributed by atoms with E-state index >= 15 is 0 Å². The molecule has 10 heteroatoms. The highest BCUT2D eigenvalue weighted by Crippen LogP contribution is 2.26. The van der Waals surface area contributed by atoms with Crippen LogP contribution in [0.25, 0.3) is 0 Å². The van der Waals surface area contributed by atoms with Gasteiger partial charge in [-0.05, 0) is 73.4 Å². The Morgan fingerprint density at radius 1 is 0.875 bits per heavy atom. The molecule has 0 saturated carbocycles. The van der Waals surface area contributed by atoms with Gasteiger partial charge in [-0.15, -0.1) is 0 Å². The van der Waals surface area contributed by atoms with Crippen LogP contribution in [0.2, 0.25) is 10.0 Å². The number of benzene rings is 3. The van der Waals surface area contributed by atoms with Gasteiger partial charge in [-0.3, -0.25) is 13.9 Å². The van der Waals surface area contributed by atoms with Gasteiger partial charge < -0.3 is 10.2 Å². The summed E-state index contributed by atoms with van der Waals surface area (Å²) in [6, 6.07) is 18.8. The van der Waals surface area contributed by atoms with Crippen LogP contribution in [0.5, 0.6) is 0 Å². The minimum atomic E-state index is -4.16. The Bertz CT molecular complexity index is 1390. The van der Waals surface area contributed by atoms with Gasteiger partial charge in [0.15, 0.2) is 0 Å². The fraction of sp³-hybridized carbons (Fsp3) is 0.333. The summed E-state index contributed by atoms with van der Waals surface area (Å²) in [5.41, 5.74) is 2.03. The molecule has 0 saturated heterocycles. The average molecular weight is 605 g/mol. The standard InChI is InChI=1S/C30H35Cl2N3O4S/c1-5-28(30(37)33-18-21(2)3)34(19-23-8-10-24(31)11-9-23)29(36)20-35(26-14-6-22(4)7-15-26)40(38,39)27-16-12-25(32)13-17-27/h6-17,21,28H,5,18-20H2,1-4H3,(H,33,37)/t28-/m1/s1. The molecular weight excluding hydrogens is 569 g/mol. The Morgan fingerprint density at radius 2 is 1.43 bits per heavy atom. The van der Waals surface area contributed by atoms with Crippen LogP contribution in [0.15, 0.2) is 77.7 Å². The number of hydrogen-bond acceptors (Lipinski definition) is 4. The van der Waals surface area contributed by atoms with Crippen molar-refractivity contribution in [1.29, 1.82) is 0 Å². The van der Waals surface area contributed by atoms with E-state index in [1.165, 1.54) is 29.2 Å². The summed E-state index contributed by atoms with van der Waals surface area (Å²) in [7, 11) is -4.16. The van der Waals surface area contributed by atoms with E-state index < -0.39 is 28.5 Å². The summed E-state index contributed by atoms with van der Waals surface area (Å²) >= 11 is 12.1. The molecule has 1 N–H and O–H groups in total. The quantitative estimate of drug-likeness (QED) is 0.272. The molecule has 3 aromatic rings. The number of carbonyl (C=O) groups is 2. The summed E-state index contributed by atoms with van der Waals surface area (Å²) < 4.78 is 28.8. The molecule has 214 valence electrons. The largest absolute Gasteiger partial charge is 0.354 e. The first-order valence-corrected chi connectivity index (χ1v) is 15.3. The van der Waals surface area contributed by atoms with Crippen LogP contribution in [-0.4, -0.2) is 44.3 Å². The molecule has 0 unspecified atom stereocenters. The van der Waals surface area contributed by atoms with Gasteiger partial charge in [0.2, 0.25) is 11.8 Å². The maximum absolute atomic E-state index is 14.0. The van der Waals surface area contributed by atoms with Gasteiger partial charge in [0, 0.05) is 23.1 Å². The van der Waals surface area contributed by atoms with Crippen molar-refractivity contribution in [2.75, 3.05) is 17.4 Å². The fourth-order valence-corrected chi connectivity index (χ4v) is 5.77. The second-order valence-corrected chi connectivity index (χ2v) is 12.7. The zero-order valence-corrected chi connectivity index (χ0v) is 25.4. The lowest BCUT2D eigenvalue weighted by atomic mass is 10.1. The molecule has 40 heavy (non-hydrogen) atoms. The number of rotatable bonds is 12. The lowest BCUT2D eigenvalue weighted by molar-refractivity contribution is -0.140. The van der Waals surface area contributed by atoms with Crippen molar-refractivity contribution in [3.8, 4) is 0 Å². The van der Waals surface area contributed by atoms with Gasteiger partial charge >= 0.3 is 0 Å². The van der Waals surface area contributed by atoms with E-state index in [9.17, 15) is 18.0 Å².